The normalized spacial score (nSPS) is 10.8. The number of thiophene rings is 1. The van der Waals surface area contributed by atoms with E-state index in [-0.39, 0.29) is 11.9 Å². The molecule has 0 aliphatic rings. The minimum Gasteiger partial charge on any atom is -0.349 e. The first kappa shape index (κ1) is 16.1. The summed E-state index contributed by atoms with van der Waals surface area (Å²) in [4.78, 5) is 14.8. The molecule has 0 bridgehead atoms. The second-order valence-corrected chi connectivity index (χ2v) is 6.90. The van der Waals surface area contributed by atoms with Gasteiger partial charge in [-0.1, -0.05) is 32.0 Å². The van der Waals surface area contributed by atoms with E-state index >= 15 is 0 Å². The number of thioether (sulfide) groups is 1. The molecule has 112 valence electrons. The third-order valence-corrected chi connectivity index (χ3v) is 5.58. The van der Waals surface area contributed by atoms with E-state index in [0.717, 1.165) is 29.1 Å². The summed E-state index contributed by atoms with van der Waals surface area (Å²) in [5.41, 5.74) is 0.783. The summed E-state index contributed by atoms with van der Waals surface area (Å²) in [6.45, 7) is 4.21. The largest absolute Gasteiger partial charge is 0.349 e. The third-order valence-electron chi connectivity index (χ3n) is 3.40. The Morgan fingerprint density at radius 3 is 2.62 bits per heavy atom. The molecule has 4 heteroatoms. The first-order chi connectivity index (χ1) is 10.2. The molecule has 0 aliphatic carbocycles. The van der Waals surface area contributed by atoms with E-state index in [9.17, 15) is 4.79 Å². The predicted octanol–water partition coefficient (Wildman–Crippen LogP) is 4.96. The average molecular weight is 319 g/mol. The van der Waals surface area contributed by atoms with Gasteiger partial charge in [0.05, 0.1) is 5.56 Å². The average Bonchev–Trinajstić information content (AvgIpc) is 3.04. The Kier molecular flexibility index (Phi) is 6.33. The lowest BCUT2D eigenvalue weighted by Crippen LogP contribution is -2.34. The van der Waals surface area contributed by atoms with Crippen molar-refractivity contribution in [3.8, 4) is 0 Å². The molecule has 0 atom stereocenters. The van der Waals surface area contributed by atoms with E-state index < -0.39 is 0 Å². The Morgan fingerprint density at radius 2 is 1.95 bits per heavy atom. The molecule has 1 heterocycles. The van der Waals surface area contributed by atoms with Crippen LogP contribution >= 0.6 is 23.1 Å². The molecule has 2 rings (SSSR count). The van der Waals surface area contributed by atoms with Gasteiger partial charge in [-0.05, 0) is 36.4 Å². The van der Waals surface area contributed by atoms with E-state index in [1.807, 2.05) is 24.3 Å². The number of carbonyl (C=O) groups is 1. The highest BCUT2D eigenvalue weighted by molar-refractivity contribution is 7.98. The van der Waals surface area contributed by atoms with Crippen LogP contribution in [-0.4, -0.2) is 11.9 Å². The Labute approximate surface area is 135 Å². The van der Waals surface area contributed by atoms with Crippen LogP contribution < -0.4 is 5.32 Å². The molecule has 1 amide bonds. The summed E-state index contributed by atoms with van der Waals surface area (Å²) < 4.78 is 0. The topological polar surface area (TPSA) is 29.1 Å². The molecule has 21 heavy (non-hydrogen) atoms. The lowest BCUT2D eigenvalue weighted by Gasteiger charge is -2.16. The summed E-state index contributed by atoms with van der Waals surface area (Å²) in [7, 11) is 0. The van der Waals surface area contributed by atoms with Gasteiger partial charge in [-0.25, -0.2) is 0 Å². The van der Waals surface area contributed by atoms with Gasteiger partial charge in [0.25, 0.3) is 5.91 Å². The van der Waals surface area contributed by atoms with Crippen LogP contribution in [0.25, 0.3) is 0 Å². The summed E-state index contributed by atoms with van der Waals surface area (Å²) in [6.07, 6.45) is 1.93. The predicted molar refractivity (Wildman–Crippen MR) is 92.2 cm³/mol. The van der Waals surface area contributed by atoms with Crippen LogP contribution in [0.1, 0.15) is 41.9 Å². The molecule has 0 aliphatic heterocycles. The highest BCUT2D eigenvalue weighted by Gasteiger charge is 2.14. The minimum atomic E-state index is 0.0398. The van der Waals surface area contributed by atoms with Crippen molar-refractivity contribution in [2.24, 2.45) is 0 Å². The molecule has 0 saturated carbocycles. The molecule has 1 aromatic heterocycles. The number of hydrogen-bond donors (Lipinski definition) is 1. The SMILES string of the molecule is CCC(CC)NC(=O)c1ccccc1SCc1cccs1. The lowest BCUT2D eigenvalue weighted by molar-refractivity contribution is 0.0932. The van der Waals surface area contributed by atoms with Crippen molar-refractivity contribution in [3.05, 3.63) is 52.2 Å². The molecule has 0 spiro atoms. The van der Waals surface area contributed by atoms with E-state index in [4.69, 9.17) is 0 Å². The van der Waals surface area contributed by atoms with Gasteiger partial charge in [0.2, 0.25) is 0 Å². The summed E-state index contributed by atoms with van der Waals surface area (Å²) in [5.74, 6) is 0.949. The second-order valence-electron chi connectivity index (χ2n) is 4.85. The molecular weight excluding hydrogens is 298 g/mol. The van der Waals surface area contributed by atoms with Gasteiger partial charge >= 0.3 is 0 Å². The Bertz CT molecular complexity index is 562. The molecule has 0 radical (unpaired) electrons. The van der Waals surface area contributed by atoms with Crippen LogP contribution in [0.2, 0.25) is 0 Å². The number of benzene rings is 1. The highest BCUT2D eigenvalue weighted by Crippen LogP contribution is 2.28. The molecule has 1 N–H and O–H groups in total. The van der Waals surface area contributed by atoms with Crippen LogP contribution in [0.15, 0.2) is 46.7 Å². The van der Waals surface area contributed by atoms with Gasteiger partial charge in [-0.15, -0.1) is 23.1 Å². The third kappa shape index (κ3) is 4.61. The fourth-order valence-corrected chi connectivity index (χ4v) is 3.90. The first-order valence-electron chi connectivity index (χ1n) is 7.29. The van der Waals surface area contributed by atoms with Crippen molar-refractivity contribution in [1.29, 1.82) is 0 Å². The molecule has 0 unspecified atom stereocenters. The first-order valence-corrected chi connectivity index (χ1v) is 9.16. The minimum absolute atomic E-state index is 0.0398. The van der Waals surface area contributed by atoms with Gasteiger partial charge < -0.3 is 5.32 Å². The Hall–Kier alpha value is -1.26. The quantitative estimate of drug-likeness (QED) is 0.731. The fraction of sp³-hybridized carbons (Fsp3) is 0.353. The summed E-state index contributed by atoms with van der Waals surface area (Å²) in [6, 6.07) is 12.3. The monoisotopic (exact) mass is 319 g/mol. The van der Waals surface area contributed by atoms with Gasteiger partial charge in [0, 0.05) is 21.6 Å². The van der Waals surface area contributed by atoms with Crippen molar-refractivity contribution >= 4 is 29.0 Å². The van der Waals surface area contributed by atoms with Crippen LogP contribution in [-0.2, 0) is 5.75 Å². The molecule has 2 aromatic rings. The van der Waals surface area contributed by atoms with E-state index in [2.05, 4.69) is 36.7 Å². The van der Waals surface area contributed by atoms with E-state index in [1.165, 1.54) is 4.88 Å². The molecular formula is C17H21NOS2. The molecule has 0 saturated heterocycles. The number of nitrogens with one attached hydrogen (secondary N) is 1. The number of carbonyl (C=O) groups excluding carboxylic acids is 1. The molecule has 2 nitrogen and oxygen atoms in total. The van der Waals surface area contributed by atoms with Crippen molar-refractivity contribution in [3.63, 3.8) is 0 Å². The zero-order chi connectivity index (χ0) is 15.1. The summed E-state index contributed by atoms with van der Waals surface area (Å²) in [5, 5.41) is 5.20. The van der Waals surface area contributed by atoms with Crippen LogP contribution in [0, 0.1) is 0 Å². The van der Waals surface area contributed by atoms with Gasteiger partial charge in [-0.3, -0.25) is 4.79 Å². The lowest BCUT2D eigenvalue weighted by atomic mass is 10.1. The zero-order valence-electron chi connectivity index (χ0n) is 12.5. The van der Waals surface area contributed by atoms with Crippen molar-refractivity contribution < 1.29 is 4.79 Å². The molecule has 0 fully saturated rings. The van der Waals surface area contributed by atoms with E-state index in [1.54, 1.807) is 23.1 Å². The van der Waals surface area contributed by atoms with Gasteiger partial charge in [-0.2, -0.15) is 0 Å². The second kappa shape index (κ2) is 8.25. The van der Waals surface area contributed by atoms with Gasteiger partial charge in [0.15, 0.2) is 0 Å². The molecule has 1 aromatic carbocycles. The fourth-order valence-electron chi connectivity index (χ4n) is 2.08. The van der Waals surface area contributed by atoms with E-state index in [0.29, 0.717) is 0 Å². The van der Waals surface area contributed by atoms with Crippen molar-refractivity contribution in [2.45, 2.75) is 43.4 Å². The highest BCUT2D eigenvalue weighted by atomic mass is 32.2. The van der Waals surface area contributed by atoms with Crippen LogP contribution in [0.4, 0.5) is 0 Å². The maximum atomic E-state index is 12.4. The van der Waals surface area contributed by atoms with Crippen molar-refractivity contribution in [2.75, 3.05) is 0 Å². The van der Waals surface area contributed by atoms with Crippen LogP contribution in [0.3, 0.4) is 0 Å². The smallest absolute Gasteiger partial charge is 0.252 e. The van der Waals surface area contributed by atoms with Gasteiger partial charge in [0.1, 0.15) is 0 Å². The number of amides is 1. The van der Waals surface area contributed by atoms with Crippen LogP contribution in [0.5, 0.6) is 0 Å². The van der Waals surface area contributed by atoms with Crippen molar-refractivity contribution in [1.82, 2.24) is 5.32 Å². The summed E-state index contributed by atoms with van der Waals surface area (Å²) >= 11 is 3.48. The maximum Gasteiger partial charge on any atom is 0.252 e. The zero-order valence-corrected chi connectivity index (χ0v) is 14.1. The Morgan fingerprint density at radius 1 is 1.19 bits per heavy atom. The standard InChI is InChI=1S/C17H21NOS2/c1-3-13(4-2)18-17(19)15-9-5-6-10-16(15)21-12-14-8-7-11-20-14/h5-11,13H,3-4,12H2,1-2H3,(H,18,19). The number of hydrogen-bond acceptors (Lipinski definition) is 3. The maximum absolute atomic E-state index is 12.4. The Balaban J connectivity index is 2.07. The number of rotatable bonds is 7.